The molecule has 0 aliphatic carbocycles. The summed E-state index contributed by atoms with van der Waals surface area (Å²) in [6, 6.07) is 22.9. The fraction of sp³-hybridized carbons (Fsp3) is 0. The first-order chi connectivity index (χ1) is 8.43. The van der Waals surface area contributed by atoms with Gasteiger partial charge in [-0.15, -0.1) is 0 Å². The monoisotopic (exact) mass is 220 g/mol. The maximum absolute atomic E-state index is 5.30. The summed E-state index contributed by atoms with van der Waals surface area (Å²) < 4.78 is 5.30. The molecule has 0 unspecified atom stereocenters. The summed E-state index contributed by atoms with van der Waals surface area (Å²) in [7, 11) is 0. The SMILES string of the molecule is [c]1c(-c2ccccc2)noc1-c1ccccc1. The minimum Gasteiger partial charge on any atom is -0.355 e. The summed E-state index contributed by atoms with van der Waals surface area (Å²) in [5.41, 5.74) is 2.74. The van der Waals surface area contributed by atoms with Gasteiger partial charge in [-0.05, 0) is 0 Å². The molecule has 0 amide bonds. The molecule has 1 heterocycles. The van der Waals surface area contributed by atoms with E-state index in [0.29, 0.717) is 5.76 Å². The molecule has 0 aliphatic rings. The second-order valence-corrected chi connectivity index (χ2v) is 3.72. The molecule has 0 saturated heterocycles. The van der Waals surface area contributed by atoms with Crippen LogP contribution < -0.4 is 0 Å². The Morgan fingerprint density at radius 1 is 0.765 bits per heavy atom. The molecule has 2 nitrogen and oxygen atoms in total. The van der Waals surface area contributed by atoms with Crippen LogP contribution in [-0.2, 0) is 0 Å². The van der Waals surface area contributed by atoms with Crippen molar-refractivity contribution in [2.24, 2.45) is 0 Å². The van der Waals surface area contributed by atoms with Crippen LogP contribution in [0, 0.1) is 6.07 Å². The summed E-state index contributed by atoms with van der Waals surface area (Å²) in [5, 5.41) is 4.03. The second kappa shape index (κ2) is 4.26. The van der Waals surface area contributed by atoms with Crippen LogP contribution in [0.3, 0.4) is 0 Å². The Labute approximate surface area is 99.5 Å². The first kappa shape index (κ1) is 9.85. The van der Waals surface area contributed by atoms with Crippen molar-refractivity contribution in [3.63, 3.8) is 0 Å². The van der Waals surface area contributed by atoms with Gasteiger partial charge in [0, 0.05) is 11.1 Å². The molecule has 3 rings (SSSR count). The van der Waals surface area contributed by atoms with Gasteiger partial charge in [0.05, 0.1) is 6.07 Å². The van der Waals surface area contributed by atoms with Gasteiger partial charge < -0.3 is 4.52 Å². The third-order valence-electron chi connectivity index (χ3n) is 2.54. The summed E-state index contributed by atoms with van der Waals surface area (Å²) in [4.78, 5) is 0. The topological polar surface area (TPSA) is 26.0 Å². The maximum Gasteiger partial charge on any atom is 0.175 e. The van der Waals surface area contributed by atoms with Crippen LogP contribution in [0.25, 0.3) is 22.6 Å². The zero-order valence-electron chi connectivity index (χ0n) is 9.13. The average Bonchev–Trinajstić information content (AvgIpc) is 2.90. The number of rotatable bonds is 2. The van der Waals surface area contributed by atoms with Crippen LogP contribution in [-0.4, -0.2) is 5.16 Å². The predicted molar refractivity (Wildman–Crippen MR) is 66.2 cm³/mol. The predicted octanol–water partition coefficient (Wildman–Crippen LogP) is 3.81. The van der Waals surface area contributed by atoms with Gasteiger partial charge in [-0.3, -0.25) is 0 Å². The minimum absolute atomic E-state index is 0.671. The molecule has 0 aliphatic heterocycles. The fourth-order valence-corrected chi connectivity index (χ4v) is 1.68. The van der Waals surface area contributed by atoms with Crippen molar-refractivity contribution in [2.45, 2.75) is 0 Å². The number of hydrogen-bond donors (Lipinski definition) is 0. The lowest BCUT2D eigenvalue weighted by molar-refractivity contribution is 0.435. The highest BCUT2D eigenvalue weighted by atomic mass is 16.5. The van der Waals surface area contributed by atoms with Gasteiger partial charge in [0.1, 0.15) is 5.69 Å². The number of nitrogens with zero attached hydrogens (tertiary/aromatic N) is 1. The molecule has 2 aromatic carbocycles. The molecule has 0 atom stereocenters. The van der Waals surface area contributed by atoms with Gasteiger partial charge in [0.15, 0.2) is 5.76 Å². The molecule has 0 fully saturated rings. The molecule has 17 heavy (non-hydrogen) atoms. The van der Waals surface area contributed by atoms with Crippen LogP contribution in [0.15, 0.2) is 65.2 Å². The van der Waals surface area contributed by atoms with Crippen molar-refractivity contribution >= 4 is 0 Å². The molecular weight excluding hydrogens is 210 g/mol. The highest BCUT2D eigenvalue weighted by molar-refractivity contribution is 5.65. The van der Waals surface area contributed by atoms with Crippen molar-refractivity contribution in [3.05, 3.63) is 66.7 Å². The lowest BCUT2D eigenvalue weighted by Crippen LogP contribution is -1.74. The summed E-state index contributed by atoms with van der Waals surface area (Å²) >= 11 is 0. The Hall–Kier alpha value is -2.35. The first-order valence-corrected chi connectivity index (χ1v) is 5.43. The van der Waals surface area contributed by atoms with Gasteiger partial charge >= 0.3 is 0 Å². The Morgan fingerprint density at radius 3 is 2.00 bits per heavy atom. The number of aromatic nitrogens is 1. The summed E-state index contributed by atoms with van der Waals surface area (Å²) in [5.74, 6) is 0.671. The van der Waals surface area contributed by atoms with Gasteiger partial charge in [0.2, 0.25) is 0 Å². The second-order valence-electron chi connectivity index (χ2n) is 3.72. The quantitative estimate of drug-likeness (QED) is 0.656. The van der Waals surface area contributed by atoms with Gasteiger partial charge in [-0.2, -0.15) is 0 Å². The van der Waals surface area contributed by atoms with Crippen molar-refractivity contribution in [3.8, 4) is 22.6 Å². The zero-order chi connectivity index (χ0) is 11.5. The Kier molecular flexibility index (Phi) is 2.47. The molecule has 0 spiro atoms. The van der Waals surface area contributed by atoms with Crippen LogP contribution in [0.1, 0.15) is 0 Å². The highest BCUT2D eigenvalue weighted by Crippen LogP contribution is 2.24. The molecule has 1 radical (unpaired) electrons. The molecule has 2 heteroatoms. The van der Waals surface area contributed by atoms with E-state index in [1.807, 2.05) is 60.7 Å². The van der Waals surface area contributed by atoms with Gasteiger partial charge in [0.25, 0.3) is 0 Å². The number of benzene rings is 2. The van der Waals surface area contributed by atoms with Gasteiger partial charge in [-0.25, -0.2) is 0 Å². The third-order valence-corrected chi connectivity index (χ3v) is 2.54. The van der Waals surface area contributed by atoms with Gasteiger partial charge in [-0.1, -0.05) is 65.8 Å². The largest absolute Gasteiger partial charge is 0.355 e. The van der Waals surface area contributed by atoms with E-state index in [1.54, 1.807) is 0 Å². The minimum atomic E-state index is 0.671. The van der Waals surface area contributed by atoms with E-state index in [4.69, 9.17) is 4.52 Å². The van der Waals surface area contributed by atoms with E-state index >= 15 is 0 Å². The lowest BCUT2D eigenvalue weighted by atomic mass is 10.1. The Bertz CT molecular complexity index is 545. The van der Waals surface area contributed by atoms with Crippen molar-refractivity contribution in [1.29, 1.82) is 0 Å². The van der Waals surface area contributed by atoms with Crippen LogP contribution in [0.5, 0.6) is 0 Å². The van der Waals surface area contributed by atoms with Crippen LogP contribution >= 0.6 is 0 Å². The van der Waals surface area contributed by atoms with Crippen LogP contribution in [0.2, 0.25) is 0 Å². The zero-order valence-corrected chi connectivity index (χ0v) is 9.13. The fourth-order valence-electron chi connectivity index (χ4n) is 1.68. The van der Waals surface area contributed by atoms with E-state index in [1.165, 1.54) is 0 Å². The molecular formula is C15H10NO. The average molecular weight is 220 g/mol. The molecule has 1 aromatic heterocycles. The molecule has 81 valence electrons. The smallest absolute Gasteiger partial charge is 0.175 e. The molecule has 0 saturated carbocycles. The molecule has 0 bridgehead atoms. The maximum atomic E-state index is 5.30. The van der Waals surface area contributed by atoms with E-state index in [2.05, 4.69) is 11.2 Å². The molecule has 0 N–H and O–H groups in total. The Balaban J connectivity index is 1.99. The van der Waals surface area contributed by atoms with Crippen molar-refractivity contribution < 1.29 is 4.52 Å². The van der Waals surface area contributed by atoms with E-state index in [9.17, 15) is 0 Å². The standard InChI is InChI=1S/C15H10NO/c1-3-7-12(8-4-1)14-11-15(17-16-14)13-9-5-2-6-10-13/h1-10H. The Morgan fingerprint density at radius 2 is 1.35 bits per heavy atom. The normalized spacial score (nSPS) is 10.4. The lowest BCUT2D eigenvalue weighted by Gasteiger charge is -1.92. The van der Waals surface area contributed by atoms with E-state index in [0.717, 1.165) is 16.8 Å². The van der Waals surface area contributed by atoms with Crippen molar-refractivity contribution in [1.82, 2.24) is 5.16 Å². The summed E-state index contributed by atoms with van der Waals surface area (Å²) in [6.07, 6.45) is 0. The molecule has 3 aromatic rings. The third kappa shape index (κ3) is 1.97. The highest BCUT2D eigenvalue weighted by Gasteiger charge is 2.08. The van der Waals surface area contributed by atoms with Crippen LogP contribution in [0.4, 0.5) is 0 Å². The van der Waals surface area contributed by atoms with E-state index < -0.39 is 0 Å². The number of hydrogen-bond acceptors (Lipinski definition) is 2. The summed E-state index contributed by atoms with van der Waals surface area (Å²) in [6.45, 7) is 0. The van der Waals surface area contributed by atoms with Crippen molar-refractivity contribution in [2.75, 3.05) is 0 Å². The first-order valence-electron chi connectivity index (χ1n) is 5.43. The van der Waals surface area contributed by atoms with E-state index in [-0.39, 0.29) is 0 Å².